The number of aryl methyl sites for hydroxylation is 1. The Morgan fingerprint density at radius 3 is 2.83 bits per heavy atom. The minimum absolute atomic E-state index is 0.0792. The molecule has 0 aliphatic rings. The van der Waals surface area contributed by atoms with Crippen molar-refractivity contribution >= 4 is 11.3 Å². The lowest BCUT2D eigenvalue weighted by atomic mass is 10.1. The predicted molar refractivity (Wildman–Crippen MR) is 50.0 cm³/mol. The molecule has 0 bridgehead atoms. The number of hydrogen-bond acceptors (Lipinski definition) is 4. The summed E-state index contributed by atoms with van der Waals surface area (Å²) in [6.07, 6.45) is 1.26. The van der Waals surface area contributed by atoms with Gasteiger partial charge in [-0.1, -0.05) is 6.92 Å². The number of nitrogens with two attached hydrogens (primary N) is 1. The Balaban J connectivity index is 2.70. The molecule has 4 heteroatoms. The summed E-state index contributed by atoms with van der Waals surface area (Å²) in [5.41, 5.74) is 5.43. The van der Waals surface area contributed by atoms with Crippen molar-refractivity contribution in [2.75, 3.05) is 6.54 Å². The number of thiazole rings is 1. The quantitative estimate of drug-likeness (QED) is 0.742. The van der Waals surface area contributed by atoms with Gasteiger partial charge in [-0.05, 0) is 13.5 Å². The lowest BCUT2D eigenvalue weighted by Gasteiger charge is -2.13. The van der Waals surface area contributed by atoms with Crippen LogP contribution in [0, 0.1) is 12.8 Å². The van der Waals surface area contributed by atoms with Gasteiger partial charge in [0, 0.05) is 17.0 Å². The van der Waals surface area contributed by atoms with E-state index in [1.165, 1.54) is 11.3 Å². The Hall–Kier alpha value is -0.450. The molecule has 0 saturated heterocycles. The number of aliphatic hydroxyl groups excluding tert-OH is 1. The summed E-state index contributed by atoms with van der Waals surface area (Å²) < 4.78 is 0. The van der Waals surface area contributed by atoms with Gasteiger partial charge >= 0.3 is 0 Å². The summed E-state index contributed by atoms with van der Waals surface area (Å²) in [4.78, 5) is 5.22. The first-order valence-electron chi connectivity index (χ1n) is 3.95. The highest BCUT2D eigenvalue weighted by atomic mass is 32.1. The topological polar surface area (TPSA) is 59.1 Å². The molecule has 1 rings (SSSR count). The third-order valence-corrected chi connectivity index (χ3v) is 2.79. The maximum absolute atomic E-state index is 9.67. The fourth-order valence-corrected chi connectivity index (χ4v) is 1.77. The van der Waals surface area contributed by atoms with Crippen molar-refractivity contribution < 1.29 is 5.11 Å². The van der Waals surface area contributed by atoms with E-state index >= 15 is 0 Å². The molecule has 0 spiro atoms. The van der Waals surface area contributed by atoms with Crippen LogP contribution in [0.1, 0.15) is 22.9 Å². The van der Waals surface area contributed by atoms with Gasteiger partial charge in [0.25, 0.3) is 0 Å². The zero-order valence-corrected chi connectivity index (χ0v) is 8.14. The summed E-state index contributed by atoms with van der Waals surface area (Å²) in [7, 11) is 0. The molecule has 0 saturated carbocycles. The molecule has 68 valence electrons. The first-order valence-corrected chi connectivity index (χ1v) is 4.77. The van der Waals surface area contributed by atoms with Crippen LogP contribution < -0.4 is 5.73 Å². The molecule has 1 heterocycles. The van der Waals surface area contributed by atoms with Gasteiger partial charge in [0.2, 0.25) is 0 Å². The van der Waals surface area contributed by atoms with Crippen LogP contribution in [0.3, 0.4) is 0 Å². The second-order valence-corrected chi connectivity index (χ2v) is 4.23. The van der Waals surface area contributed by atoms with Gasteiger partial charge in [-0.15, -0.1) is 11.3 Å². The number of rotatable bonds is 3. The van der Waals surface area contributed by atoms with Gasteiger partial charge in [0.15, 0.2) is 0 Å². The van der Waals surface area contributed by atoms with Crippen molar-refractivity contribution in [2.24, 2.45) is 11.7 Å². The van der Waals surface area contributed by atoms with Crippen LogP contribution in [-0.2, 0) is 0 Å². The van der Waals surface area contributed by atoms with E-state index in [9.17, 15) is 5.11 Å². The molecule has 12 heavy (non-hydrogen) atoms. The zero-order valence-electron chi connectivity index (χ0n) is 7.32. The second-order valence-electron chi connectivity index (χ2n) is 2.97. The molecule has 3 N–H and O–H groups in total. The van der Waals surface area contributed by atoms with Crippen molar-refractivity contribution in [3.05, 3.63) is 16.1 Å². The van der Waals surface area contributed by atoms with Gasteiger partial charge < -0.3 is 10.8 Å². The van der Waals surface area contributed by atoms with Crippen molar-refractivity contribution in [1.29, 1.82) is 0 Å². The average molecular weight is 186 g/mol. The van der Waals surface area contributed by atoms with E-state index in [1.807, 2.05) is 13.8 Å². The summed E-state index contributed by atoms with van der Waals surface area (Å²) >= 11 is 1.52. The van der Waals surface area contributed by atoms with Crippen LogP contribution in [0.15, 0.2) is 6.20 Å². The Bertz CT molecular complexity index is 249. The molecule has 2 atom stereocenters. The van der Waals surface area contributed by atoms with Crippen LogP contribution in [0.4, 0.5) is 0 Å². The monoisotopic (exact) mass is 186 g/mol. The molecule has 1 aromatic heterocycles. The van der Waals surface area contributed by atoms with Gasteiger partial charge in [0.1, 0.15) is 11.1 Å². The van der Waals surface area contributed by atoms with Crippen LogP contribution in [0.25, 0.3) is 0 Å². The van der Waals surface area contributed by atoms with Gasteiger partial charge in [-0.25, -0.2) is 4.98 Å². The van der Waals surface area contributed by atoms with Crippen molar-refractivity contribution in [1.82, 2.24) is 4.98 Å². The Kier molecular flexibility index (Phi) is 3.20. The summed E-state index contributed by atoms with van der Waals surface area (Å²) in [5, 5.41) is 10.4. The van der Waals surface area contributed by atoms with Gasteiger partial charge in [0.05, 0.1) is 0 Å². The van der Waals surface area contributed by atoms with E-state index in [0.29, 0.717) is 6.54 Å². The molecule has 1 aromatic rings. The first kappa shape index (κ1) is 9.64. The van der Waals surface area contributed by atoms with Crippen molar-refractivity contribution in [3.8, 4) is 0 Å². The molecule has 0 aliphatic heterocycles. The number of aromatic nitrogens is 1. The van der Waals surface area contributed by atoms with E-state index in [0.717, 1.165) is 9.88 Å². The fraction of sp³-hybridized carbons (Fsp3) is 0.625. The van der Waals surface area contributed by atoms with E-state index in [4.69, 9.17) is 5.73 Å². The minimum Gasteiger partial charge on any atom is -0.386 e. The smallest absolute Gasteiger partial charge is 0.122 e. The van der Waals surface area contributed by atoms with Crippen LogP contribution >= 0.6 is 11.3 Å². The highest BCUT2D eigenvalue weighted by molar-refractivity contribution is 7.11. The summed E-state index contributed by atoms with van der Waals surface area (Å²) in [6.45, 7) is 4.38. The molecule has 0 aliphatic carbocycles. The predicted octanol–water partition coefficient (Wildman–Crippen LogP) is 1.08. The lowest BCUT2D eigenvalue weighted by Crippen LogP contribution is -2.18. The lowest BCUT2D eigenvalue weighted by molar-refractivity contribution is 0.121. The highest BCUT2D eigenvalue weighted by Crippen LogP contribution is 2.24. The number of nitrogens with zero attached hydrogens (tertiary/aromatic N) is 1. The Labute approximate surface area is 76.3 Å². The standard InChI is InChI=1S/C8H14N2OS/c1-5(3-9)7(11)8-10-4-6(2)12-8/h4-5,7,11H,3,9H2,1-2H3. The molecule has 0 fully saturated rings. The van der Waals surface area contributed by atoms with E-state index in [1.54, 1.807) is 6.20 Å². The molecule has 0 radical (unpaired) electrons. The minimum atomic E-state index is -0.506. The Morgan fingerprint density at radius 1 is 1.75 bits per heavy atom. The maximum Gasteiger partial charge on any atom is 0.122 e. The van der Waals surface area contributed by atoms with Crippen molar-refractivity contribution in [3.63, 3.8) is 0 Å². The Morgan fingerprint density at radius 2 is 2.42 bits per heavy atom. The SMILES string of the molecule is Cc1cnc(C(O)C(C)CN)s1. The summed E-state index contributed by atoms with van der Waals surface area (Å²) in [5.74, 6) is 0.0792. The fourth-order valence-electron chi connectivity index (χ4n) is 0.881. The van der Waals surface area contributed by atoms with Crippen LogP contribution in [-0.4, -0.2) is 16.6 Å². The molecule has 0 amide bonds. The molecular weight excluding hydrogens is 172 g/mol. The highest BCUT2D eigenvalue weighted by Gasteiger charge is 2.17. The average Bonchev–Trinajstić information content (AvgIpc) is 2.49. The van der Waals surface area contributed by atoms with Gasteiger partial charge in [-0.2, -0.15) is 0 Å². The zero-order chi connectivity index (χ0) is 9.14. The molecule has 0 aromatic carbocycles. The van der Waals surface area contributed by atoms with Crippen molar-refractivity contribution in [2.45, 2.75) is 20.0 Å². The maximum atomic E-state index is 9.67. The normalized spacial score (nSPS) is 16.0. The number of aliphatic hydroxyl groups is 1. The molecule has 3 nitrogen and oxygen atoms in total. The van der Waals surface area contributed by atoms with E-state index in [-0.39, 0.29) is 5.92 Å². The second kappa shape index (κ2) is 3.98. The van der Waals surface area contributed by atoms with E-state index in [2.05, 4.69) is 4.98 Å². The van der Waals surface area contributed by atoms with Crippen LogP contribution in [0.5, 0.6) is 0 Å². The van der Waals surface area contributed by atoms with Gasteiger partial charge in [-0.3, -0.25) is 0 Å². The third-order valence-electron chi connectivity index (χ3n) is 1.80. The van der Waals surface area contributed by atoms with E-state index < -0.39 is 6.10 Å². The third kappa shape index (κ3) is 2.03. The summed E-state index contributed by atoms with van der Waals surface area (Å²) in [6, 6.07) is 0. The number of hydrogen-bond donors (Lipinski definition) is 2. The molecular formula is C8H14N2OS. The largest absolute Gasteiger partial charge is 0.386 e. The van der Waals surface area contributed by atoms with Crippen LogP contribution in [0.2, 0.25) is 0 Å². The molecule has 2 unspecified atom stereocenters. The first-order chi connectivity index (χ1) is 5.65.